The number of hydrogen-bond donors (Lipinski definition) is 7. The van der Waals surface area contributed by atoms with Gasteiger partial charge in [0, 0.05) is 52.5 Å². The van der Waals surface area contributed by atoms with Crippen molar-refractivity contribution in [3.63, 3.8) is 0 Å². The molecule has 1 heterocycles. The maximum atomic E-state index is 13.3. The summed E-state index contributed by atoms with van der Waals surface area (Å²) in [6.45, 7) is 15.1. The van der Waals surface area contributed by atoms with Crippen molar-refractivity contribution in [1.29, 1.82) is 0 Å². The summed E-state index contributed by atoms with van der Waals surface area (Å²) in [5.74, 6) is 0.432. The molecule has 7 N–H and O–H groups in total. The molecular weight excluding hydrogens is 731 g/mol. The number of aliphatic hydroxyl groups is 1. The second-order valence-corrected chi connectivity index (χ2v) is 13.7. The Balaban J connectivity index is 1.29. The third-order valence-corrected chi connectivity index (χ3v) is 9.60. The fourth-order valence-electron chi connectivity index (χ4n) is 6.23. The van der Waals surface area contributed by atoms with Crippen LogP contribution in [-0.4, -0.2) is 94.0 Å². The maximum absolute atomic E-state index is 13.3. The molecular formula is C44H57N11O3. The van der Waals surface area contributed by atoms with Crippen LogP contribution in [0.4, 0.5) is 40.6 Å². The molecule has 306 valence electrons. The van der Waals surface area contributed by atoms with Crippen LogP contribution < -0.4 is 31.9 Å². The number of para-hydroxylation sites is 2. The van der Waals surface area contributed by atoms with Gasteiger partial charge in [-0.3, -0.25) is 9.59 Å². The number of carbonyl (C=O) groups is 2. The summed E-state index contributed by atoms with van der Waals surface area (Å²) >= 11 is 0. The van der Waals surface area contributed by atoms with Crippen molar-refractivity contribution < 1.29 is 14.7 Å². The Morgan fingerprint density at radius 3 is 1.34 bits per heavy atom. The summed E-state index contributed by atoms with van der Waals surface area (Å²) in [7, 11) is 0. The minimum Gasteiger partial charge on any atom is -0.369 e. The van der Waals surface area contributed by atoms with Crippen molar-refractivity contribution in [3.05, 3.63) is 120 Å². The summed E-state index contributed by atoms with van der Waals surface area (Å²) in [5, 5.41) is 30.1. The van der Waals surface area contributed by atoms with Gasteiger partial charge in [-0.15, -0.1) is 0 Å². The molecule has 0 aliphatic carbocycles. The van der Waals surface area contributed by atoms with Crippen LogP contribution in [0.2, 0.25) is 0 Å². The lowest BCUT2D eigenvalue weighted by Gasteiger charge is -2.19. The lowest BCUT2D eigenvalue weighted by atomic mass is 10.1. The van der Waals surface area contributed by atoms with Crippen LogP contribution in [-0.2, 0) is 0 Å². The molecule has 1 atom stereocenters. The van der Waals surface area contributed by atoms with E-state index >= 15 is 0 Å². The number of aromatic nitrogens is 3. The summed E-state index contributed by atoms with van der Waals surface area (Å²) < 4.78 is 0. The quantitative estimate of drug-likeness (QED) is 0.0264. The molecule has 1 aromatic heterocycles. The number of amides is 2. The second kappa shape index (κ2) is 22.6. The number of rotatable bonds is 23. The molecule has 0 aliphatic heterocycles. The first-order valence-corrected chi connectivity index (χ1v) is 20.1. The zero-order valence-corrected chi connectivity index (χ0v) is 34.0. The average Bonchev–Trinajstić information content (AvgIpc) is 3.24. The smallest absolute Gasteiger partial charge is 0.251 e. The van der Waals surface area contributed by atoms with Gasteiger partial charge in [0.2, 0.25) is 17.8 Å². The van der Waals surface area contributed by atoms with Gasteiger partial charge in [-0.1, -0.05) is 76.2 Å². The van der Waals surface area contributed by atoms with Crippen LogP contribution in [0.15, 0.2) is 103 Å². The predicted molar refractivity (Wildman–Crippen MR) is 234 cm³/mol. The standard InChI is InChI=1S/C44H57N11O3/c1-5-54(6-2)27-15-25-45-39(56)33-29-34(40(57)46-26-16-28-55(7-3)8-4)31-38(30-33)47-41(58)32-21-23-37(24-22-32)50-44-52-42(48-35-17-11-9-12-18-35)51-43(53-44)49-36-19-13-10-14-20-36/h9-14,17-24,29-31,41,47,58H,5-8,15-16,25-28H2,1-4H3,(H,45,56)(H,46,57)(H3,48,49,50,51,52,53). The molecule has 14 heteroatoms. The normalized spacial score (nSPS) is 11.6. The minimum absolute atomic E-state index is 0.286. The molecule has 5 rings (SSSR count). The van der Waals surface area contributed by atoms with Crippen molar-refractivity contribution in [3.8, 4) is 0 Å². The van der Waals surface area contributed by atoms with Crippen molar-refractivity contribution in [2.24, 2.45) is 0 Å². The van der Waals surface area contributed by atoms with Crippen molar-refractivity contribution in [2.75, 3.05) is 73.6 Å². The molecule has 2 amide bonds. The highest BCUT2D eigenvalue weighted by Gasteiger charge is 2.16. The Bertz CT molecular complexity index is 1900. The second-order valence-electron chi connectivity index (χ2n) is 13.7. The zero-order valence-electron chi connectivity index (χ0n) is 34.0. The number of aliphatic hydroxyl groups excluding tert-OH is 1. The van der Waals surface area contributed by atoms with Crippen LogP contribution in [0.25, 0.3) is 0 Å². The Labute approximate surface area is 341 Å². The maximum Gasteiger partial charge on any atom is 0.251 e. The van der Waals surface area contributed by atoms with Crippen LogP contribution in [0, 0.1) is 0 Å². The molecule has 58 heavy (non-hydrogen) atoms. The van der Waals surface area contributed by atoms with Gasteiger partial charge in [0.1, 0.15) is 0 Å². The molecule has 4 aromatic carbocycles. The number of carbonyl (C=O) groups excluding carboxylic acids is 2. The number of nitrogens with one attached hydrogen (secondary N) is 6. The third kappa shape index (κ3) is 13.5. The summed E-state index contributed by atoms with van der Waals surface area (Å²) in [6.07, 6.45) is 0.464. The molecule has 0 bridgehead atoms. The number of nitrogens with zero attached hydrogens (tertiary/aromatic N) is 5. The van der Waals surface area contributed by atoms with Crippen LogP contribution >= 0.6 is 0 Å². The molecule has 14 nitrogen and oxygen atoms in total. The van der Waals surface area contributed by atoms with Gasteiger partial charge in [-0.25, -0.2) is 0 Å². The van der Waals surface area contributed by atoms with E-state index in [1.807, 2.05) is 60.7 Å². The fraction of sp³-hybridized carbons (Fsp3) is 0.341. The third-order valence-electron chi connectivity index (χ3n) is 9.60. The highest BCUT2D eigenvalue weighted by molar-refractivity contribution is 6.01. The summed E-state index contributed by atoms with van der Waals surface area (Å²) in [5.41, 5.74) is 3.98. The largest absolute Gasteiger partial charge is 0.369 e. The fourth-order valence-corrected chi connectivity index (χ4v) is 6.23. The van der Waals surface area contributed by atoms with E-state index in [1.165, 1.54) is 0 Å². The SMILES string of the molecule is CCN(CC)CCCNC(=O)c1cc(NC(O)c2ccc(Nc3nc(Nc4ccccc4)nc(Nc4ccccc4)n3)cc2)cc(C(=O)NCCCN(CC)CC)c1. The van der Waals surface area contributed by atoms with Gasteiger partial charge in [-0.05, 0) is 107 Å². The van der Waals surface area contributed by atoms with Crippen LogP contribution in [0.3, 0.4) is 0 Å². The monoisotopic (exact) mass is 787 g/mol. The molecule has 0 saturated carbocycles. The Morgan fingerprint density at radius 1 is 0.552 bits per heavy atom. The molecule has 0 saturated heterocycles. The molecule has 1 unspecified atom stereocenters. The first-order chi connectivity index (χ1) is 28.3. The topological polar surface area (TPSA) is 172 Å². The van der Waals surface area contributed by atoms with E-state index in [4.69, 9.17) is 0 Å². The van der Waals surface area contributed by atoms with Gasteiger partial charge in [0.15, 0.2) is 6.23 Å². The molecule has 0 radical (unpaired) electrons. The van der Waals surface area contributed by atoms with Gasteiger partial charge in [0.05, 0.1) is 0 Å². The molecule has 0 fully saturated rings. The van der Waals surface area contributed by atoms with Gasteiger partial charge in [0.25, 0.3) is 11.8 Å². The highest BCUT2D eigenvalue weighted by atomic mass is 16.3. The van der Waals surface area contributed by atoms with E-state index in [-0.39, 0.29) is 11.8 Å². The molecule has 0 aliphatic rings. The van der Waals surface area contributed by atoms with E-state index in [0.29, 0.717) is 59.0 Å². The summed E-state index contributed by atoms with van der Waals surface area (Å²) in [6, 6.07) is 31.3. The Hall–Kier alpha value is -6.09. The Morgan fingerprint density at radius 2 is 0.948 bits per heavy atom. The molecule has 0 spiro atoms. The van der Waals surface area contributed by atoms with E-state index in [2.05, 4.69) is 84.3 Å². The van der Waals surface area contributed by atoms with Crippen molar-refractivity contribution >= 4 is 52.4 Å². The van der Waals surface area contributed by atoms with Crippen molar-refractivity contribution in [2.45, 2.75) is 46.8 Å². The first-order valence-electron chi connectivity index (χ1n) is 20.1. The van der Waals surface area contributed by atoms with E-state index in [9.17, 15) is 14.7 Å². The lowest BCUT2D eigenvalue weighted by Crippen LogP contribution is -2.31. The predicted octanol–water partition coefficient (Wildman–Crippen LogP) is 7.13. The van der Waals surface area contributed by atoms with Crippen LogP contribution in [0.5, 0.6) is 0 Å². The Kier molecular flexibility index (Phi) is 16.8. The lowest BCUT2D eigenvalue weighted by molar-refractivity contribution is 0.0951. The molecule has 5 aromatic rings. The summed E-state index contributed by atoms with van der Waals surface area (Å²) in [4.78, 5) is 45.0. The minimum atomic E-state index is -1.15. The van der Waals surface area contributed by atoms with E-state index < -0.39 is 6.23 Å². The van der Waals surface area contributed by atoms with Crippen molar-refractivity contribution in [1.82, 2.24) is 35.4 Å². The van der Waals surface area contributed by atoms with E-state index in [0.717, 1.165) is 63.5 Å². The van der Waals surface area contributed by atoms with Crippen LogP contribution in [0.1, 0.15) is 73.0 Å². The van der Waals surface area contributed by atoms with E-state index in [1.54, 1.807) is 42.5 Å². The number of hydrogen-bond acceptors (Lipinski definition) is 12. The first kappa shape index (κ1) is 43.0. The number of benzene rings is 4. The van der Waals surface area contributed by atoms with Gasteiger partial charge in [-0.2, -0.15) is 15.0 Å². The average molecular weight is 788 g/mol. The highest BCUT2D eigenvalue weighted by Crippen LogP contribution is 2.25. The zero-order chi connectivity index (χ0) is 41.1. The van der Waals surface area contributed by atoms with Gasteiger partial charge < -0.3 is 46.8 Å². The number of anilines is 7. The van der Waals surface area contributed by atoms with Gasteiger partial charge >= 0.3 is 0 Å².